The molecule has 1 aliphatic carbocycles. The Morgan fingerprint density at radius 2 is 2.00 bits per heavy atom. The Morgan fingerprint density at radius 1 is 1.17 bits per heavy atom. The molecule has 23 heavy (non-hydrogen) atoms. The van der Waals surface area contributed by atoms with E-state index in [-0.39, 0.29) is 12.5 Å². The highest BCUT2D eigenvalue weighted by Crippen LogP contribution is 2.22. The van der Waals surface area contributed by atoms with Gasteiger partial charge in [0.25, 0.3) is 0 Å². The van der Waals surface area contributed by atoms with Crippen LogP contribution in [0.5, 0.6) is 0 Å². The number of carbonyl (C=O) groups excluding carboxylic acids is 1. The van der Waals surface area contributed by atoms with E-state index in [0.717, 1.165) is 29.9 Å². The molecule has 1 aromatic heterocycles. The lowest BCUT2D eigenvalue weighted by Gasteiger charge is -2.21. The Morgan fingerprint density at radius 3 is 2.83 bits per heavy atom. The topological polar surface area (TPSA) is 59.0 Å². The number of amides is 1. The van der Waals surface area contributed by atoms with Gasteiger partial charge in [-0.25, -0.2) is 0 Å². The van der Waals surface area contributed by atoms with Crippen LogP contribution in [-0.4, -0.2) is 35.3 Å². The number of nitrogens with one attached hydrogen (secondary N) is 2. The van der Waals surface area contributed by atoms with Crippen molar-refractivity contribution in [2.45, 2.75) is 38.6 Å². The summed E-state index contributed by atoms with van der Waals surface area (Å²) in [6.07, 6.45) is 8.77. The summed E-state index contributed by atoms with van der Waals surface area (Å²) in [4.78, 5) is 12.0. The summed E-state index contributed by atoms with van der Waals surface area (Å²) in [6.45, 7) is 2.87. The van der Waals surface area contributed by atoms with Gasteiger partial charge in [0.2, 0.25) is 5.91 Å². The molecule has 0 aliphatic heterocycles. The van der Waals surface area contributed by atoms with Crippen LogP contribution in [0, 0.1) is 5.92 Å². The van der Waals surface area contributed by atoms with E-state index in [9.17, 15) is 4.79 Å². The fraction of sp³-hybridized carbons (Fsp3) is 0.556. The maximum absolute atomic E-state index is 12.0. The summed E-state index contributed by atoms with van der Waals surface area (Å²) < 4.78 is 1.70. The second-order valence-corrected chi connectivity index (χ2v) is 6.44. The lowest BCUT2D eigenvalue weighted by atomic mass is 9.89. The first kappa shape index (κ1) is 16.0. The average Bonchev–Trinajstić information content (AvgIpc) is 2.97. The molecule has 0 bridgehead atoms. The second kappa shape index (κ2) is 8.11. The molecular weight excluding hydrogens is 288 g/mol. The van der Waals surface area contributed by atoms with Crippen LogP contribution in [0.3, 0.4) is 0 Å². The summed E-state index contributed by atoms with van der Waals surface area (Å²) in [5.41, 5.74) is 0.925. The Labute approximate surface area is 137 Å². The summed E-state index contributed by atoms with van der Waals surface area (Å²) in [5, 5.41) is 11.9. The highest BCUT2D eigenvalue weighted by molar-refractivity contribution is 5.79. The second-order valence-electron chi connectivity index (χ2n) is 6.44. The van der Waals surface area contributed by atoms with Crippen molar-refractivity contribution in [3.05, 3.63) is 30.5 Å². The van der Waals surface area contributed by atoms with Crippen molar-refractivity contribution in [2.75, 3.05) is 19.6 Å². The van der Waals surface area contributed by atoms with Gasteiger partial charge in [0.1, 0.15) is 6.54 Å². The molecular formula is C18H26N4O. The number of fused-ring (bicyclic) bond motifs is 1. The number of aromatic nitrogens is 2. The molecule has 1 fully saturated rings. The largest absolute Gasteiger partial charge is 0.353 e. The van der Waals surface area contributed by atoms with Crippen molar-refractivity contribution in [1.82, 2.24) is 20.4 Å². The summed E-state index contributed by atoms with van der Waals surface area (Å²) in [6, 6.07) is 7.90. The zero-order valence-corrected chi connectivity index (χ0v) is 13.6. The van der Waals surface area contributed by atoms with E-state index in [0.29, 0.717) is 6.54 Å². The molecule has 1 saturated carbocycles. The summed E-state index contributed by atoms with van der Waals surface area (Å²) in [5.74, 6) is 0.841. The number of hydrogen-bond donors (Lipinski definition) is 2. The lowest BCUT2D eigenvalue weighted by Crippen LogP contribution is -2.35. The predicted octanol–water partition coefficient (Wildman–Crippen LogP) is 2.32. The minimum absolute atomic E-state index is 0.0114. The molecule has 5 heteroatoms. The van der Waals surface area contributed by atoms with Crippen LogP contribution in [0.4, 0.5) is 0 Å². The molecule has 5 nitrogen and oxygen atoms in total. The maximum Gasteiger partial charge on any atom is 0.241 e. The maximum atomic E-state index is 12.0. The van der Waals surface area contributed by atoms with E-state index >= 15 is 0 Å². The van der Waals surface area contributed by atoms with Crippen LogP contribution in [-0.2, 0) is 11.3 Å². The highest BCUT2D eigenvalue weighted by Gasteiger charge is 2.12. The van der Waals surface area contributed by atoms with E-state index in [1.807, 2.05) is 30.5 Å². The third kappa shape index (κ3) is 4.79. The van der Waals surface area contributed by atoms with Gasteiger partial charge in [-0.3, -0.25) is 9.48 Å². The van der Waals surface area contributed by atoms with Crippen LogP contribution >= 0.6 is 0 Å². The molecule has 0 unspecified atom stereocenters. The molecule has 1 aromatic carbocycles. The van der Waals surface area contributed by atoms with Gasteiger partial charge in [-0.1, -0.05) is 37.5 Å². The minimum atomic E-state index is 0.0114. The first-order chi connectivity index (χ1) is 11.3. The molecule has 3 rings (SSSR count). The van der Waals surface area contributed by atoms with Crippen LogP contribution in [0.2, 0.25) is 0 Å². The molecule has 1 amide bonds. The number of benzene rings is 1. The average molecular weight is 314 g/mol. The molecule has 0 radical (unpaired) electrons. The normalized spacial score (nSPS) is 15.8. The highest BCUT2D eigenvalue weighted by atomic mass is 16.2. The fourth-order valence-electron chi connectivity index (χ4n) is 3.29. The molecule has 0 atom stereocenters. The first-order valence-corrected chi connectivity index (χ1v) is 8.71. The van der Waals surface area contributed by atoms with Crippen molar-refractivity contribution < 1.29 is 4.79 Å². The van der Waals surface area contributed by atoms with Crippen LogP contribution < -0.4 is 10.6 Å². The number of nitrogens with zero attached hydrogens (tertiary/aromatic N) is 2. The molecule has 1 heterocycles. The lowest BCUT2D eigenvalue weighted by molar-refractivity contribution is -0.121. The monoisotopic (exact) mass is 314 g/mol. The van der Waals surface area contributed by atoms with Crippen molar-refractivity contribution in [3.63, 3.8) is 0 Å². The Bertz CT molecular complexity index is 598. The predicted molar refractivity (Wildman–Crippen MR) is 92.2 cm³/mol. The van der Waals surface area contributed by atoms with Crippen molar-refractivity contribution in [3.8, 4) is 0 Å². The standard InChI is InChI=1S/C18H26N4O/c23-18(14-22-13-16-8-4-5-9-17(16)21-22)20-11-10-19-12-15-6-2-1-3-7-15/h4-5,8-9,13,15,19H,1-3,6-7,10-12,14H2,(H,20,23). The number of hydrogen-bond acceptors (Lipinski definition) is 3. The SMILES string of the molecule is O=C(Cn1cc2ccccc2n1)NCCNCC1CCCCC1. The van der Waals surface area contributed by atoms with E-state index in [1.165, 1.54) is 32.1 Å². The van der Waals surface area contributed by atoms with Gasteiger partial charge < -0.3 is 10.6 Å². The quantitative estimate of drug-likeness (QED) is 0.771. The van der Waals surface area contributed by atoms with E-state index in [1.54, 1.807) is 4.68 Å². The Balaban J connectivity index is 1.33. The Hall–Kier alpha value is -1.88. The fourth-order valence-corrected chi connectivity index (χ4v) is 3.29. The Kier molecular flexibility index (Phi) is 5.64. The molecule has 2 aromatic rings. The molecule has 2 N–H and O–H groups in total. The third-order valence-corrected chi connectivity index (χ3v) is 4.55. The molecule has 1 aliphatic rings. The van der Waals surface area contributed by atoms with Crippen LogP contribution in [0.1, 0.15) is 32.1 Å². The number of rotatable bonds is 7. The zero-order valence-electron chi connectivity index (χ0n) is 13.6. The van der Waals surface area contributed by atoms with Crippen molar-refractivity contribution in [2.24, 2.45) is 5.92 Å². The van der Waals surface area contributed by atoms with Gasteiger partial charge in [-0.15, -0.1) is 0 Å². The smallest absolute Gasteiger partial charge is 0.241 e. The molecule has 0 saturated heterocycles. The van der Waals surface area contributed by atoms with Crippen molar-refractivity contribution in [1.29, 1.82) is 0 Å². The van der Waals surface area contributed by atoms with Crippen LogP contribution in [0.25, 0.3) is 10.9 Å². The summed E-state index contributed by atoms with van der Waals surface area (Å²) >= 11 is 0. The van der Waals surface area contributed by atoms with E-state index in [4.69, 9.17) is 0 Å². The van der Waals surface area contributed by atoms with Gasteiger partial charge >= 0.3 is 0 Å². The minimum Gasteiger partial charge on any atom is -0.353 e. The van der Waals surface area contributed by atoms with Gasteiger partial charge in [-0.2, -0.15) is 5.10 Å². The van der Waals surface area contributed by atoms with Gasteiger partial charge in [0, 0.05) is 24.7 Å². The molecule has 0 spiro atoms. The van der Waals surface area contributed by atoms with Gasteiger partial charge in [-0.05, 0) is 31.4 Å². The van der Waals surface area contributed by atoms with E-state index in [2.05, 4.69) is 15.7 Å². The van der Waals surface area contributed by atoms with Gasteiger partial charge in [0.05, 0.1) is 5.52 Å². The third-order valence-electron chi connectivity index (χ3n) is 4.55. The first-order valence-electron chi connectivity index (χ1n) is 8.71. The van der Waals surface area contributed by atoms with Crippen LogP contribution in [0.15, 0.2) is 30.5 Å². The summed E-state index contributed by atoms with van der Waals surface area (Å²) in [7, 11) is 0. The number of carbonyl (C=O) groups is 1. The molecule has 124 valence electrons. The van der Waals surface area contributed by atoms with Crippen molar-refractivity contribution >= 4 is 16.8 Å². The zero-order chi connectivity index (χ0) is 15.9. The van der Waals surface area contributed by atoms with Gasteiger partial charge in [0.15, 0.2) is 0 Å². The van der Waals surface area contributed by atoms with E-state index < -0.39 is 0 Å².